The molecule has 4 aliphatic rings. The van der Waals surface area contributed by atoms with E-state index in [2.05, 4.69) is 16.0 Å². The fourth-order valence-electron chi connectivity index (χ4n) is 6.07. The zero-order valence-corrected chi connectivity index (χ0v) is 24.9. The number of nitrogens with one attached hydrogen (secondary N) is 3. The molecule has 14 atom stereocenters. The Bertz CT molecular complexity index is 966. The van der Waals surface area contributed by atoms with Gasteiger partial charge in [-0.25, -0.2) is 0 Å². The minimum atomic E-state index is -1.71. The van der Waals surface area contributed by atoms with E-state index in [1.807, 2.05) is 13.0 Å². The van der Waals surface area contributed by atoms with Crippen molar-refractivity contribution in [2.24, 2.45) is 28.9 Å². The third-order valence-electron chi connectivity index (χ3n) is 8.92. The summed E-state index contributed by atoms with van der Waals surface area (Å²) in [6, 6.07) is -3.13. The van der Waals surface area contributed by atoms with Gasteiger partial charge in [0.2, 0.25) is 6.29 Å². The van der Waals surface area contributed by atoms with Gasteiger partial charge in [-0.15, -0.1) is 0 Å². The molecular formula is C27H51N7O9. The van der Waals surface area contributed by atoms with Gasteiger partial charge in [-0.05, 0) is 44.8 Å². The molecule has 43 heavy (non-hydrogen) atoms. The van der Waals surface area contributed by atoms with Crippen LogP contribution in [0.3, 0.4) is 0 Å². The predicted molar refractivity (Wildman–Crippen MR) is 154 cm³/mol. The Balaban J connectivity index is 1.53. The zero-order chi connectivity index (χ0) is 31.5. The highest BCUT2D eigenvalue weighted by atomic mass is 16.7. The summed E-state index contributed by atoms with van der Waals surface area (Å²) in [5.41, 5.74) is 22.0. The number of ether oxygens (including phenoxy) is 4. The van der Waals surface area contributed by atoms with E-state index in [0.717, 1.165) is 0 Å². The molecule has 0 aromatic carbocycles. The van der Waals surface area contributed by atoms with Crippen LogP contribution in [0.15, 0.2) is 11.8 Å². The Kier molecular flexibility index (Phi) is 11.8. The quantitative estimate of drug-likeness (QED) is 0.0923. The Morgan fingerprint density at radius 2 is 1.86 bits per heavy atom. The summed E-state index contributed by atoms with van der Waals surface area (Å²) in [7, 11) is 1.72. The predicted octanol–water partition coefficient (Wildman–Crippen LogP) is -5.01. The van der Waals surface area contributed by atoms with Crippen LogP contribution in [0.4, 0.5) is 0 Å². The summed E-state index contributed by atoms with van der Waals surface area (Å²) in [5, 5.41) is 52.4. The van der Waals surface area contributed by atoms with Crippen molar-refractivity contribution in [1.82, 2.24) is 16.0 Å². The standard InChI is InChI=1S/C27H51N7O9/c1-12-11-40-25(20(36)19(12)32-2)43-23-17(34-26(38)27(39)8-18(27)31)7-15(30)22(21(23)37)42-24-16(4-3-14(9-29)41-24)33-10-13(35)5-6-28/h3,12-13,15-25,32-33,35-37,39H,4-11,28-31H2,1-2H3,(H,34,38)/t12-,13?,15+,16-,17-,18?,19+,20-,21+,22?,23+,24-,25-,27?/m1/s1. The van der Waals surface area contributed by atoms with Crippen molar-refractivity contribution in [3.8, 4) is 0 Å². The van der Waals surface area contributed by atoms with Crippen LogP contribution >= 0.6 is 0 Å². The number of hydrogen-bond donors (Lipinski definition) is 11. The molecule has 248 valence electrons. The molecule has 2 aliphatic carbocycles. The molecule has 15 N–H and O–H groups in total. The van der Waals surface area contributed by atoms with E-state index < -0.39 is 78.8 Å². The lowest BCUT2D eigenvalue weighted by molar-refractivity contribution is -0.287. The lowest BCUT2D eigenvalue weighted by Crippen LogP contribution is -2.68. The summed E-state index contributed by atoms with van der Waals surface area (Å²) in [6.07, 6.45) is -4.50. The van der Waals surface area contributed by atoms with Crippen LogP contribution in [0.25, 0.3) is 0 Å². The van der Waals surface area contributed by atoms with Crippen LogP contribution in [0.5, 0.6) is 0 Å². The molecule has 2 saturated carbocycles. The van der Waals surface area contributed by atoms with Crippen LogP contribution in [-0.4, -0.2) is 139 Å². The van der Waals surface area contributed by atoms with Gasteiger partial charge in [0.05, 0.1) is 31.3 Å². The third-order valence-corrected chi connectivity index (χ3v) is 8.92. The van der Waals surface area contributed by atoms with Gasteiger partial charge in [0.15, 0.2) is 11.9 Å². The molecule has 4 unspecified atom stereocenters. The van der Waals surface area contributed by atoms with Crippen molar-refractivity contribution in [2.75, 3.05) is 33.3 Å². The smallest absolute Gasteiger partial charge is 0.253 e. The normalized spacial score (nSPS) is 43.8. The summed E-state index contributed by atoms with van der Waals surface area (Å²) < 4.78 is 24.3. The number of carbonyl (C=O) groups is 1. The summed E-state index contributed by atoms with van der Waals surface area (Å²) in [5.74, 6) is -0.206. The lowest BCUT2D eigenvalue weighted by atomic mass is 9.83. The number of rotatable bonds is 13. The van der Waals surface area contributed by atoms with Gasteiger partial charge in [0.25, 0.3) is 5.91 Å². The maximum Gasteiger partial charge on any atom is 0.253 e. The van der Waals surface area contributed by atoms with E-state index in [-0.39, 0.29) is 44.5 Å². The highest BCUT2D eigenvalue weighted by Gasteiger charge is 2.59. The number of amides is 1. The minimum absolute atomic E-state index is 0.0113. The van der Waals surface area contributed by atoms with Crippen LogP contribution in [-0.2, 0) is 23.7 Å². The number of aliphatic hydroxyl groups excluding tert-OH is 3. The van der Waals surface area contributed by atoms with Gasteiger partial charge >= 0.3 is 0 Å². The van der Waals surface area contributed by atoms with Crippen LogP contribution in [0.2, 0.25) is 0 Å². The van der Waals surface area contributed by atoms with E-state index >= 15 is 0 Å². The van der Waals surface area contributed by atoms with Crippen molar-refractivity contribution in [1.29, 1.82) is 0 Å². The van der Waals surface area contributed by atoms with E-state index in [0.29, 0.717) is 25.1 Å². The number of hydrogen-bond acceptors (Lipinski definition) is 15. The molecule has 4 rings (SSSR count). The molecule has 2 aliphatic heterocycles. The van der Waals surface area contributed by atoms with Crippen molar-refractivity contribution < 1.29 is 44.2 Å². The van der Waals surface area contributed by atoms with Gasteiger partial charge in [-0.3, -0.25) is 4.79 Å². The van der Waals surface area contributed by atoms with Crippen molar-refractivity contribution in [3.63, 3.8) is 0 Å². The van der Waals surface area contributed by atoms with E-state index in [1.165, 1.54) is 0 Å². The second-order valence-electron chi connectivity index (χ2n) is 12.2. The molecule has 1 amide bonds. The summed E-state index contributed by atoms with van der Waals surface area (Å²) in [6.45, 7) is 2.92. The van der Waals surface area contributed by atoms with Gasteiger partial charge in [-0.2, -0.15) is 0 Å². The van der Waals surface area contributed by atoms with E-state index in [4.69, 9.17) is 41.9 Å². The van der Waals surface area contributed by atoms with Gasteiger partial charge in [0, 0.05) is 31.1 Å². The Hall–Kier alpha value is -1.51. The average Bonchev–Trinajstić information content (AvgIpc) is 3.60. The number of aliphatic hydroxyl groups is 4. The fourth-order valence-corrected chi connectivity index (χ4v) is 6.07. The second kappa shape index (κ2) is 14.7. The van der Waals surface area contributed by atoms with Crippen LogP contribution in [0, 0.1) is 5.92 Å². The number of nitrogens with two attached hydrogens (primary N) is 4. The Morgan fingerprint density at radius 1 is 1.16 bits per heavy atom. The molecule has 2 heterocycles. The first-order valence-corrected chi connectivity index (χ1v) is 15.1. The van der Waals surface area contributed by atoms with E-state index in [1.54, 1.807) is 7.05 Å². The molecule has 0 aromatic rings. The minimum Gasteiger partial charge on any atom is -0.467 e. The number of carbonyl (C=O) groups excluding carboxylic acids is 1. The highest BCUT2D eigenvalue weighted by molar-refractivity contribution is 5.89. The van der Waals surface area contributed by atoms with Gasteiger partial charge in [0.1, 0.15) is 30.2 Å². The maximum absolute atomic E-state index is 12.9. The summed E-state index contributed by atoms with van der Waals surface area (Å²) >= 11 is 0. The Morgan fingerprint density at radius 3 is 2.49 bits per heavy atom. The average molecular weight is 618 g/mol. The third kappa shape index (κ3) is 7.84. The van der Waals surface area contributed by atoms with Gasteiger partial charge < -0.3 is 78.3 Å². The van der Waals surface area contributed by atoms with Crippen LogP contribution in [0.1, 0.15) is 32.6 Å². The van der Waals surface area contributed by atoms with Crippen molar-refractivity contribution >= 4 is 5.91 Å². The highest BCUT2D eigenvalue weighted by Crippen LogP contribution is 2.36. The molecule has 0 bridgehead atoms. The molecule has 3 fully saturated rings. The molecule has 0 aromatic heterocycles. The first-order valence-electron chi connectivity index (χ1n) is 15.1. The Labute approximate surface area is 251 Å². The SMILES string of the molecule is CN[C@@H]1[C@@H](O)[C@@H](O[C@H]2[C@H](NC(=O)C3(O)CC3N)C[C@H](N)C(O[C@H]3OC(CN)=CC[C@H]3NCC(O)CCN)[C@@H]2O)OC[C@H]1C. The molecule has 0 spiro atoms. The lowest BCUT2D eigenvalue weighted by Gasteiger charge is -2.48. The molecule has 16 nitrogen and oxygen atoms in total. The largest absolute Gasteiger partial charge is 0.467 e. The second-order valence-corrected chi connectivity index (χ2v) is 12.2. The molecule has 1 saturated heterocycles. The van der Waals surface area contributed by atoms with E-state index in [9.17, 15) is 25.2 Å². The maximum atomic E-state index is 12.9. The molecular weight excluding hydrogens is 566 g/mol. The number of likely N-dealkylation sites (N-methyl/N-ethyl adjacent to an activating group) is 1. The first-order chi connectivity index (χ1) is 20.4. The molecule has 0 radical (unpaired) electrons. The van der Waals surface area contributed by atoms with Crippen LogP contribution < -0.4 is 38.9 Å². The van der Waals surface area contributed by atoms with Gasteiger partial charge in [-0.1, -0.05) is 6.92 Å². The monoisotopic (exact) mass is 617 g/mol. The molecule has 16 heteroatoms. The topological polar surface area (TPSA) is 275 Å². The first kappa shape index (κ1) is 34.4. The zero-order valence-electron chi connectivity index (χ0n) is 24.9. The summed E-state index contributed by atoms with van der Waals surface area (Å²) in [4.78, 5) is 12.9. The van der Waals surface area contributed by atoms with Crippen molar-refractivity contribution in [2.45, 2.75) is 112 Å². The fraction of sp³-hybridized carbons (Fsp3) is 0.889. The van der Waals surface area contributed by atoms with Crippen molar-refractivity contribution in [3.05, 3.63) is 11.8 Å².